The van der Waals surface area contributed by atoms with Gasteiger partial charge in [-0.15, -0.1) is 0 Å². The van der Waals surface area contributed by atoms with Gasteiger partial charge in [-0.1, -0.05) is 110 Å². The number of rotatable bonds is 22. The average Bonchev–Trinajstić information content (AvgIpc) is 3.53. The Kier molecular flexibility index (Phi) is 22.6. The Morgan fingerprint density at radius 1 is 0.543 bits per heavy atom. The zero-order valence-electron chi connectivity index (χ0n) is 44.2. The molecule has 0 aromatic heterocycles. The number of anilines is 4. The molecule has 0 aliphatic carbocycles. The molecular weight excluding hydrogens is 1170 g/mol. The monoisotopic (exact) mass is 1220 g/mol. The predicted octanol–water partition coefficient (Wildman–Crippen LogP) is 17.0. The van der Waals surface area contributed by atoms with E-state index in [2.05, 4.69) is 28.2 Å². The summed E-state index contributed by atoms with van der Waals surface area (Å²) in [4.78, 5) is 49.6. The van der Waals surface area contributed by atoms with Crippen molar-refractivity contribution < 1.29 is 65.9 Å². The SMILES string of the molecule is CC(=O)Nc1cc(Cl)c(NC(=O)C(C)Oc2c(F)c(F)cc3cc(F)c(F)cc23)cc1O.CCCCCCCCCCC(Oc1c(Cl)c(Cl)cc2cc(Cl)c(Cl)cc12)C(=O)Nc1cc(O)c(NC(C)=O)cc1Oc1ccc(OC)cc1. The Labute approximate surface area is 488 Å². The van der Waals surface area contributed by atoms with Crippen molar-refractivity contribution >= 4 is 126 Å². The molecule has 0 heterocycles. The van der Waals surface area contributed by atoms with E-state index >= 15 is 0 Å². The maximum atomic E-state index is 14.3. The lowest BCUT2D eigenvalue weighted by Gasteiger charge is -2.22. The third-order valence-corrected chi connectivity index (χ3v) is 14.0. The molecule has 0 saturated carbocycles. The summed E-state index contributed by atoms with van der Waals surface area (Å²) in [6.45, 7) is 5.93. The second-order valence-electron chi connectivity index (χ2n) is 18.4. The molecule has 81 heavy (non-hydrogen) atoms. The molecule has 7 rings (SSSR count). The van der Waals surface area contributed by atoms with Gasteiger partial charge in [-0.3, -0.25) is 19.2 Å². The summed E-state index contributed by atoms with van der Waals surface area (Å²) in [5.41, 5.74) is 0.200. The van der Waals surface area contributed by atoms with Crippen molar-refractivity contribution in [3.05, 3.63) is 133 Å². The number of carbonyl (C=O) groups is 4. The maximum Gasteiger partial charge on any atom is 0.265 e. The number of halogens is 9. The normalized spacial score (nSPS) is 11.7. The van der Waals surface area contributed by atoms with E-state index in [4.69, 9.17) is 77.0 Å². The highest BCUT2D eigenvalue weighted by Gasteiger charge is 2.28. The molecule has 0 aliphatic rings. The van der Waals surface area contributed by atoms with E-state index in [1.165, 1.54) is 64.7 Å². The third-order valence-electron chi connectivity index (χ3n) is 12.2. The van der Waals surface area contributed by atoms with E-state index in [1.54, 1.807) is 49.6 Å². The van der Waals surface area contributed by atoms with Crippen LogP contribution in [0.2, 0.25) is 25.1 Å². The molecule has 0 radical (unpaired) electrons. The van der Waals surface area contributed by atoms with Crippen LogP contribution in [0.25, 0.3) is 21.5 Å². The minimum atomic E-state index is -1.49. The molecule has 0 spiro atoms. The molecule has 4 amide bonds. The number of phenolic OH excluding ortho intramolecular Hbond substituents is 2. The summed E-state index contributed by atoms with van der Waals surface area (Å²) in [5, 5.41) is 32.5. The topological polar surface area (TPSA) is 194 Å². The van der Waals surface area contributed by atoms with E-state index < -0.39 is 70.6 Å². The van der Waals surface area contributed by atoms with Gasteiger partial charge in [0.2, 0.25) is 17.6 Å². The van der Waals surface area contributed by atoms with Gasteiger partial charge < -0.3 is 50.4 Å². The standard InChI is InChI=1S/C37H40Cl4N2O6.C21H15ClF4N2O4/c1-4-5-6-7-8-9-10-11-12-33(49-36-26-19-28(39)27(38)17-23(26)18-29(40)35(36)41)37(46)43-31-20-32(45)30(42-22(2)44)21-34(31)48-25-15-13-24(47-3)14-16-25;1-8(21(31)28-16-7-18(30)17(6-12(16)22)27-9(2)29)32-20-11-5-14(24)13(23)3-10(11)4-15(25)19(20)26/h13-21,33,45H,4-12H2,1-3H3,(H,42,44)(H,43,46);3-8,30H,1-2H3,(H,27,29)(H,28,31). The molecule has 0 aliphatic heterocycles. The van der Waals surface area contributed by atoms with Gasteiger partial charge in [0.15, 0.2) is 41.2 Å². The number of methoxy groups -OCH3 is 1. The van der Waals surface area contributed by atoms with E-state index in [1.807, 2.05) is 0 Å². The number of unbranched alkanes of at least 4 members (excludes halogenated alkanes) is 7. The number of hydrogen-bond donors (Lipinski definition) is 6. The zero-order chi connectivity index (χ0) is 59.2. The minimum Gasteiger partial charge on any atom is -0.506 e. The third kappa shape index (κ3) is 17.0. The first kappa shape index (κ1) is 63.1. The molecule has 430 valence electrons. The molecule has 23 heteroatoms. The van der Waals surface area contributed by atoms with Crippen LogP contribution in [0, 0.1) is 23.3 Å². The lowest BCUT2D eigenvalue weighted by atomic mass is 10.0. The van der Waals surface area contributed by atoms with E-state index in [9.17, 15) is 47.0 Å². The van der Waals surface area contributed by atoms with Gasteiger partial charge in [0.05, 0.1) is 49.9 Å². The number of aromatic hydroxyl groups is 2. The van der Waals surface area contributed by atoms with Gasteiger partial charge >= 0.3 is 0 Å². The fourth-order valence-corrected chi connectivity index (χ4v) is 9.08. The summed E-state index contributed by atoms with van der Waals surface area (Å²) in [6, 6.07) is 18.7. The van der Waals surface area contributed by atoms with Crippen LogP contribution in [-0.2, 0) is 19.2 Å². The zero-order valence-corrected chi connectivity index (χ0v) is 47.9. The van der Waals surface area contributed by atoms with Gasteiger partial charge in [-0.05, 0) is 97.3 Å². The molecule has 0 bridgehead atoms. The first-order valence-electron chi connectivity index (χ1n) is 25.2. The van der Waals surface area contributed by atoms with E-state index in [0.717, 1.165) is 25.3 Å². The molecule has 6 N–H and O–H groups in total. The van der Waals surface area contributed by atoms with Gasteiger partial charge in [-0.2, -0.15) is 4.39 Å². The molecular formula is C58H55Cl5F4N4O10. The largest absolute Gasteiger partial charge is 0.506 e. The van der Waals surface area contributed by atoms with Crippen molar-refractivity contribution in [3.8, 4) is 40.2 Å². The Hall–Kier alpha value is -7.09. The molecule has 0 fully saturated rings. The molecule has 2 unspecified atom stereocenters. The van der Waals surface area contributed by atoms with Crippen molar-refractivity contribution in [1.29, 1.82) is 0 Å². The summed E-state index contributed by atoms with van der Waals surface area (Å²) in [7, 11) is 1.55. The second-order valence-corrected chi connectivity index (χ2v) is 20.4. The van der Waals surface area contributed by atoms with Gasteiger partial charge in [0, 0.05) is 42.8 Å². The smallest absolute Gasteiger partial charge is 0.265 e. The lowest BCUT2D eigenvalue weighted by molar-refractivity contribution is -0.123. The van der Waals surface area contributed by atoms with Crippen LogP contribution in [0.15, 0.2) is 84.9 Å². The predicted molar refractivity (Wildman–Crippen MR) is 310 cm³/mol. The maximum absolute atomic E-state index is 14.3. The van der Waals surface area contributed by atoms with E-state index in [0.29, 0.717) is 58.3 Å². The number of phenols is 2. The highest BCUT2D eigenvalue weighted by atomic mass is 35.5. The second kappa shape index (κ2) is 29.1. The number of carbonyl (C=O) groups excluding carboxylic acids is 4. The van der Waals surface area contributed by atoms with Gasteiger partial charge in [0.25, 0.3) is 11.8 Å². The Morgan fingerprint density at radius 2 is 1.06 bits per heavy atom. The van der Waals surface area contributed by atoms with Gasteiger partial charge in [0.1, 0.15) is 33.8 Å². The summed E-state index contributed by atoms with van der Waals surface area (Å²) < 4.78 is 78.4. The number of amides is 4. The summed E-state index contributed by atoms with van der Waals surface area (Å²) >= 11 is 31.9. The quantitative estimate of drug-likeness (QED) is 0.0216. The summed E-state index contributed by atoms with van der Waals surface area (Å²) in [5.74, 6) is -7.73. The number of fused-ring (bicyclic) bond motifs is 2. The van der Waals surface area contributed by atoms with Crippen LogP contribution in [0.5, 0.6) is 40.2 Å². The van der Waals surface area contributed by atoms with Crippen LogP contribution < -0.4 is 40.2 Å². The fourth-order valence-electron chi connectivity index (χ4n) is 8.13. The summed E-state index contributed by atoms with van der Waals surface area (Å²) in [6.07, 6.45) is 6.45. The van der Waals surface area contributed by atoms with Crippen LogP contribution in [0.4, 0.5) is 40.3 Å². The molecule has 0 saturated heterocycles. The molecule has 7 aromatic rings. The van der Waals surface area contributed by atoms with Crippen LogP contribution in [0.1, 0.15) is 85.5 Å². The highest BCUT2D eigenvalue weighted by Crippen LogP contribution is 2.44. The first-order chi connectivity index (χ1) is 38.5. The Bertz CT molecular complexity index is 3460. The number of ether oxygens (including phenoxy) is 4. The highest BCUT2D eigenvalue weighted by molar-refractivity contribution is 6.45. The lowest BCUT2D eigenvalue weighted by Crippen LogP contribution is -2.33. The van der Waals surface area contributed by atoms with E-state index in [-0.39, 0.29) is 70.9 Å². The molecule has 7 aromatic carbocycles. The van der Waals surface area contributed by atoms with Gasteiger partial charge in [-0.25, -0.2) is 13.2 Å². The Morgan fingerprint density at radius 3 is 1.69 bits per heavy atom. The van der Waals surface area contributed by atoms with Crippen LogP contribution >= 0.6 is 58.0 Å². The first-order valence-corrected chi connectivity index (χ1v) is 27.1. The average molecular weight is 1220 g/mol. The minimum absolute atomic E-state index is 0.00681. The number of nitrogens with one attached hydrogen (secondary N) is 4. The van der Waals surface area contributed by atoms with Crippen molar-refractivity contribution in [3.63, 3.8) is 0 Å². The van der Waals surface area contributed by atoms with Crippen molar-refractivity contribution in [2.45, 2.75) is 97.7 Å². The van der Waals surface area contributed by atoms with Crippen LogP contribution in [-0.4, -0.2) is 53.2 Å². The number of hydrogen-bond acceptors (Lipinski definition) is 10. The Balaban J connectivity index is 0.000000285. The van der Waals surface area contributed by atoms with Crippen molar-refractivity contribution in [1.82, 2.24) is 0 Å². The van der Waals surface area contributed by atoms with Crippen molar-refractivity contribution in [2.24, 2.45) is 0 Å². The van der Waals surface area contributed by atoms with Crippen molar-refractivity contribution in [2.75, 3.05) is 28.4 Å². The fraction of sp³-hybridized carbons (Fsp3) is 0.276. The molecule has 2 atom stereocenters. The molecule has 14 nitrogen and oxygen atoms in total. The van der Waals surface area contributed by atoms with Crippen LogP contribution in [0.3, 0.4) is 0 Å². The number of benzene rings is 7.